The lowest BCUT2D eigenvalue weighted by Gasteiger charge is -2.23. The van der Waals surface area contributed by atoms with Crippen molar-refractivity contribution in [3.63, 3.8) is 0 Å². The summed E-state index contributed by atoms with van der Waals surface area (Å²) in [6, 6.07) is 5.56. The zero-order valence-electron chi connectivity index (χ0n) is 11.4. The van der Waals surface area contributed by atoms with Gasteiger partial charge in [0.2, 0.25) is 5.89 Å². The van der Waals surface area contributed by atoms with E-state index in [9.17, 15) is 14.3 Å². The van der Waals surface area contributed by atoms with Gasteiger partial charge in [0.15, 0.2) is 0 Å². The average Bonchev–Trinajstić information content (AvgIpc) is 3.05. The summed E-state index contributed by atoms with van der Waals surface area (Å²) in [6.45, 7) is 1.79. The van der Waals surface area contributed by atoms with Crippen molar-refractivity contribution >= 4 is 5.91 Å². The Bertz CT molecular complexity index is 656. The zero-order valence-corrected chi connectivity index (χ0v) is 11.4. The van der Waals surface area contributed by atoms with Crippen LogP contribution in [0, 0.1) is 12.7 Å². The molecular formula is C14H14FN3O3. The molecule has 1 saturated heterocycles. The monoisotopic (exact) mass is 291 g/mol. The first-order valence-corrected chi connectivity index (χ1v) is 6.59. The molecule has 3 rings (SSSR count). The van der Waals surface area contributed by atoms with E-state index in [0.29, 0.717) is 12.3 Å². The summed E-state index contributed by atoms with van der Waals surface area (Å²) in [5.41, 5.74) is 0.765. The number of nitrogens with zero attached hydrogens (tertiary/aromatic N) is 3. The summed E-state index contributed by atoms with van der Waals surface area (Å²) in [4.78, 5) is 17.8. The Labute approximate surface area is 120 Å². The molecule has 0 spiro atoms. The number of hydrogen-bond acceptors (Lipinski definition) is 5. The van der Waals surface area contributed by atoms with E-state index in [1.54, 1.807) is 19.1 Å². The van der Waals surface area contributed by atoms with Crippen LogP contribution in [0.25, 0.3) is 0 Å². The molecule has 0 bridgehead atoms. The van der Waals surface area contributed by atoms with Crippen LogP contribution in [0.5, 0.6) is 0 Å². The number of β-amino-alcohol motifs (C(OH)–C–C–N with tert-alkyl or cyclic N) is 1. The van der Waals surface area contributed by atoms with Crippen LogP contribution < -0.4 is 0 Å². The number of aliphatic hydroxyl groups excluding tert-OH is 1. The third kappa shape index (κ3) is 2.64. The topological polar surface area (TPSA) is 79.5 Å². The average molecular weight is 291 g/mol. The van der Waals surface area contributed by atoms with Gasteiger partial charge in [0.25, 0.3) is 11.7 Å². The van der Waals surface area contributed by atoms with E-state index < -0.39 is 12.0 Å². The summed E-state index contributed by atoms with van der Waals surface area (Å²) in [5.74, 6) is -0.480. The Morgan fingerprint density at radius 2 is 2.14 bits per heavy atom. The maximum absolute atomic E-state index is 13.0. The highest BCUT2D eigenvalue weighted by Crippen LogP contribution is 2.33. The van der Waals surface area contributed by atoms with E-state index in [4.69, 9.17) is 4.52 Å². The van der Waals surface area contributed by atoms with Crippen LogP contribution in [-0.4, -0.2) is 38.7 Å². The lowest BCUT2D eigenvalue weighted by atomic mass is 10.0. The van der Waals surface area contributed by atoms with Crippen molar-refractivity contribution in [2.45, 2.75) is 25.5 Å². The predicted molar refractivity (Wildman–Crippen MR) is 69.8 cm³/mol. The van der Waals surface area contributed by atoms with E-state index in [2.05, 4.69) is 10.1 Å². The van der Waals surface area contributed by atoms with Crippen molar-refractivity contribution in [2.75, 3.05) is 6.54 Å². The van der Waals surface area contributed by atoms with Gasteiger partial charge in [-0.1, -0.05) is 17.3 Å². The minimum absolute atomic E-state index is 0.0336. The maximum Gasteiger partial charge on any atom is 0.295 e. The van der Waals surface area contributed by atoms with Crippen molar-refractivity contribution in [3.05, 3.63) is 47.4 Å². The second-order valence-corrected chi connectivity index (χ2v) is 5.05. The highest BCUT2D eigenvalue weighted by molar-refractivity contribution is 5.90. The normalized spacial score (nSPS) is 21.8. The van der Waals surface area contributed by atoms with Gasteiger partial charge in [0, 0.05) is 13.5 Å². The number of aromatic nitrogens is 2. The quantitative estimate of drug-likeness (QED) is 0.906. The fourth-order valence-corrected chi connectivity index (χ4v) is 2.55. The van der Waals surface area contributed by atoms with Gasteiger partial charge >= 0.3 is 0 Å². The Kier molecular flexibility index (Phi) is 3.42. The Hall–Kier alpha value is -2.28. The van der Waals surface area contributed by atoms with Crippen molar-refractivity contribution < 1.29 is 18.8 Å². The van der Waals surface area contributed by atoms with Gasteiger partial charge in [-0.15, -0.1) is 0 Å². The molecule has 1 aliphatic rings. The number of aryl methyl sites for hydroxylation is 1. The predicted octanol–water partition coefficient (Wildman–Crippen LogP) is 1.47. The molecule has 0 radical (unpaired) electrons. The van der Waals surface area contributed by atoms with E-state index >= 15 is 0 Å². The highest BCUT2D eigenvalue weighted by Gasteiger charge is 2.37. The van der Waals surface area contributed by atoms with Crippen LogP contribution in [0.4, 0.5) is 4.39 Å². The lowest BCUT2D eigenvalue weighted by Crippen LogP contribution is -2.32. The summed E-state index contributed by atoms with van der Waals surface area (Å²) in [6.07, 6.45) is -0.231. The maximum atomic E-state index is 13.0. The molecule has 0 saturated carbocycles. The fraction of sp³-hybridized carbons (Fsp3) is 0.357. The van der Waals surface area contributed by atoms with Crippen LogP contribution in [0.2, 0.25) is 0 Å². The molecule has 1 fully saturated rings. The number of aliphatic hydroxyl groups is 1. The van der Waals surface area contributed by atoms with Crippen LogP contribution in [0.3, 0.4) is 0 Å². The Morgan fingerprint density at radius 3 is 2.76 bits per heavy atom. The molecule has 2 atom stereocenters. The Morgan fingerprint density at radius 1 is 1.43 bits per heavy atom. The van der Waals surface area contributed by atoms with Gasteiger partial charge in [-0.05, 0) is 24.1 Å². The smallest absolute Gasteiger partial charge is 0.295 e. The zero-order chi connectivity index (χ0) is 15.0. The summed E-state index contributed by atoms with van der Waals surface area (Å²) in [5, 5.41) is 13.5. The molecule has 1 amide bonds. The molecular weight excluding hydrogens is 277 g/mol. The summed E-state index contributed by atoms with van der Waals surface area (Å²) < 4.78 is 17.8. The van der Waals surface area contributed by atoms with Gasteiger partial charge in [0.1, 0.15) is 5.82 Å². The molecule has 6 nitrogen and oxygen atoms in total. The molecule has 21 heavy (non-hydrogen) atoms. The first-order valence-electron chi connectivity index (χ1n) is 6.59. The summed E-state index contributed by atoms with van der Waals surface area (Å²) >= 11 is 0. The second kappa shape index (κ2) is 5.25. The van der Waals surface area contributed by atoms with Crippen molar-refractivity contribution in [2.24, 2.45) is 0 Å². The van der Waals surface area contributed by atoms with E-state index in [0.717, 1.165) is 5.56 Å². The summed E-state index contributed by atoms with van der Waals surface area (Å²) in [7, 11) is 0. The molecule has 1 aliphatic heterocycles. The second-order valence-electron chi connectivity index (χ2n) is 5.05. The molecule has 2 heterocycles. The van der Waals surface area contributed by atoms with Crippen LogP contribution in [-0.2, 0) is 0 Å². The molecule has 2 aromatic rings. The number of benzene rings is 1. The minimum atomic E-state index is -0.628. The standard InChI is InChI=1S/C14H14FN3O3/c1-8-16-13(17-21-8)14(20)18-7-11(19)6-12(18)9-2-4-10(15)5-3-9/h2-5,11-12,19H,6-7H2,1H3/t11-,12+/m1/s1. The first-order chi connectivity index (χ1) is 10.0. The number of carbonyl (C=O) groups is 1. The molecule has 110 valence electrons. The number of halogens is 1. The molecule has 0 unspecified atom stereocenters. The fourth-order valence-electron chi connectivity index (χ4n) is 2.55. The largest absolute Gasteiger partial charge is 0.391 e. The van der Waals surface area contributed by atoms with Gasteiger partial charge in [-0.25, -0.2) is 4.39 Å². The number of rotatable bonds is 2. The van der Waals surface area contributed by atoms with E-state index in [-0.39, 0.29) is 24.2 Å². The minimum Gasteiger partial charge on any atom is -0.391 e. The third-order valence-corrected chi connectivity index (χ3v) is 3.51. The molecule has 1 N–H and O–H groups in total. The molecule has 7 heteroatoms. The van der Waals surface area contributed by atoms with Crippen molar-refractivity contribution in [1.29, 1.82) is 0 Å². The van der Waals surface area contributed by atoms with Crippen LogP contribution in [0.15, 0.2) is 28.8 Å². The van der Waals surface area contributed by atoms with E-state index in [1.165, 1.54) is 17.0 Å². The number of likely N-dealkylation sites (tertiary alicyclic amines) is 1. The first kappa shape index (κ1) is 13.7. The van der Waals surface area contributed by atoms with Crippen LogP contribution in [0.1, 0.15) is 34.5 Å². The number of hydrogen-bond donors (Lipinski definition) is 1. The van der Waals surface area contributed by atoms with Gasteiger partial charge < -0.3 is 14.5 Å². The van der Waals surface area contributed by atoms with E-state index in [1.807, 2.05) is 0 Å². The Balaban J connectivity index is 1.88. The van der Waals surface area contributed by atoms with Crippen molar-refractivity contribution in [3.8, 4) is 0 Å². The van der Waals surface area contributed by atoms with Gasteiger partial charge in [-0.2, -0.15) is 4.98 Å². The highest BCUT2D eigenvalue weighted by atomic mass is 19.1. The van der Waals surface area contributed by atoms with Crippen molar-refractivity contribution in [1.82, 2.24) is 15.0 Å². The van der Waals surface area contributed by atoms with Gasteiger partial charge in [0.05, 0.1) is 12.1 Å². The van der Waals surface area contributed by atoms with Crippen LogP contribution >= 0.6 is 0 Å². The lowest BCUT2D eigenvalue weighted by molar-refractivity contribution is 0.0700. The SMILES string of the molecule is Cc1nc(C(=O)N2C[C@H](O)C[C@H]2c2ccc(F)cc2)no1. The molecule has 1 aromatic heterocycles. The number of carbonyl (C=O) groups excluding carboxylic acids is 1. The van der Waals surface area contributed by atoms with Gasteiger partial charge in [-0.3, -0.25) is 4.79 Å². The molecule has 0 aliphatic carbocycles. The molecule has 1 aromatic carbocycles. The number of amides is 1. The third-order valence-electron chi connectivity index (χ3n) is 3.51.